The molecule has 5 unspecified atom stereocenters. The van der Waals surface area contributed by atoms with E-state index in [-0.39, 0.29) is 25.7 Å². The molecule has 0 aliphatic carbocycles. The van der Waals surface area contributed by atoms with E-state index in [1.54, 1.807) is 0 Å². The number of allylic oxidation sites excluding steroid dienone is 22. The standard InChI is InChI=1S/C83H140O17P2/c1-5-9-13-17-21-25-29-33-36-37-38-39-42-45-48-52-56-60-64-68-81(86)94-74-79(100-83(88)70-66-62-58-54-50-46-41-35-31-27-23-19-15-11-7-3)76-98-102(91,92)96-72-77(84)71-95-101(89,90)97-75-78(99-82(87)69-65-61-57-53-49-43-32-28-24-20-16-12-8-4)73-93-80(85)67-63-59-55-51-47-44-40-34-30-26-22-18-14-10-6-2/h9,11,13,15-16,20-23,25-28,32-36,38-41,77-79,84H,5-8,10,12,14,17-19,24,29-31,37,42-76H2,1-4H3,(H,89,90)(H,91,92)/b13-9-,15-11-,20-16-,25-21-,26-22-,27-23-,32-28-,36-33-,39-38-,40-34-,41-35-. The summed E-state index contributed by atoms with van der Waals surface area (Å²) in [6.07, 6.45) is 82.9. The Hall–Kier alpha value is -4.80. The lowest BCUT2D eigenvalue weighted by Crippen LogP contribution is -2.30. The van der Waals surface area contributed by atoms with E-state index < -0.39 is 97.5 Å². The highest BCUT2D eigenvalue weighted by Gasteiger charge is 2.30. The molecule has 102 heavy (non-hydrogen) atoms. The Labute approximate surface area is 618 Å². The molecule has 0 amide bonds. The Bertz CT molecular complexity index is 2460. The third-order valence-electron chi connectivity index (χ3n) is 16.1. The number of phosphoric ester groups is 2. The van der Waals surface area contributed by atoms with Crippen LogP contribution in [0.25, 0.3) is 0 Å². The van der Waals surface area contributed by atoms with Crippen LogP contribution < -0.4 is 0 Å². The number of unbranched alkanes of at least 4 members (excludes halogenated alkanes) is 25. The lowest BCUT2D eigenvalue weighted by atomic mass is 10.1. The summed E-state index contributed by atoms with van der Waals surface area (Å²) >= 11 is 0. The molecule has 17 nitrogen and oxygen atoms in total. The maximum Gasteiger partial charge on any atom is 0.472 e. The summed E-state index contributed by atoms with van der Waals surface area (Å²) in [5.41, 5.74) is 0. The van der Waals surface area contributed by atoms with Gasteiger partial charge in [0, 0.05) is 25.7 Å². The Morgan fingerprint density at radius 1 is 0.284 bits per heavy atom. The first-order valence-electron chi connectivity index (χ1n) is 39.4. The number of carbonyl (C=O) groups is 4. The minimum Gasteiger partial charge on any atom is -0.462 e. The number of phosphoric acid groups is 2. The van der Waals surface area contributed by atoms with Crippen LogP contribution in [0.4, 0.5) is 0 Å². The minimum atomic E-state index is -4.99. The summed E-state index contributed by atoms with van der Waals surface area (Å²) in [6.45, 7) is 4.50. The van der Waals surface area contributed by atoms with Crippen LogP contribution in [0.3, 0.4) is 0 Å². The number of carbonyl (C=O) groups excluding carboxylic acids is 4. The predicted molar refractivity (Wildman–Crippen MR) is 418 cm³/mol. The quantitative estimate of drug-likeness (QED) is 0.0169. The molecule has 0 aromatic rings. The Kier molecular flexibility index (Phi) is 71.0. The molecular formula is C83H140O17P2. The molecular weight excluding hydrogens is 1330 g/mol. The van der Waals surface area contributed by atoms with Gasteiger partial charge in [0.1, 0.15) is 19.3 Å². The van der Waals surface area contributed by atoms with Crippen molar-refractivity contribution in [2.45, 2.75) is 329 Å². The first-order chi connectivity index (χ1) is 49.7. The lowest BCUT2D eigenvalue weighted by molar-refractivity contribution is -0.161. The number of aliphatic hydroxyl groups is 1. The molecule has 0 rings (SSSR count). The molecule has 0 aromatic carbocycles. The van der Waals surface area contributed by atoms with Crippen LogP contribution in [0.2, 0.25) is 0 Å². The van der Waals surface area contributed by atoms with Crippen molar-refractivity contribution in [3.05, 3.63) is 134 Å². The van der Waals surface area contributed by atoms with Crippen LogP contribution >= 0.6 is 15.6 Å². The first kappa shape index (κ1) is 97.2. The Balaban J connectivity index is 5.39. The summed E-state index contributed by atoms with van der Waals surface area (Å²) in [7, 11) is -9.98. The van der Waals surface area contributed by atoms with Gasteiger partial charge in [-0.2, -0.15) is 0 Å². The first-order valence-corrected chi connectivity index (χ1v) is 42.4. The lowest BCUT2D eigenvalue weighted by Gasteiger charge is -2.21. The molecule has 0 fully saturated rings. The third-order valence-corrected chi connectivity index (χ3v) is 18.0. The van der Waals surface area contributed by atoms with Gasteiger partial charge in [-0.3, -0.25) is 37.3 Å². The van der Waals surface area contributed by atoms with Crippen molar-refractivity contribution in [3.63, 3.8) is 0 Å². The number of esters is 4. The Morgan fingerprint density at radius 3 is 0.824 bits per heavy atom. The van der Waals surface area contributed by atoms with Crippen LogP contribution in [0, 0.1) is 0 Å². The second-order valence-electron chi connectivity index (χ2n) is 25.9. The normalized spacial score (nSPS) is 14.6. The zero-order valence-corrected chi connectivity index (χ0v) is 65.5. The van der Waals surface area contributed by atoms with Gasteiger partial charge in [0.2, 0.25) is 0 Å². The monoisotopic (exact) mass is 1470 g/mol. The second-order valence-corrected chi connectivity index (χ2v) is 28.8. The van der Waals surface area contributed by atoms with Crippen molar-refractivity contribution in [2.75, 3.05) is 39.6 Å². The molecule has 0 aliphatic rings. The van der Waals surface area contributed by atoms with E-state index in [9.17, 15) is 43.2 Å². The van der Waals surface area contributed by atoms with E-state index in [1.807, 2.05) is 0 Å². The smallest absolute Gasteiger partial charge is 0.462 e. The average Bonchev–Trinajstić information content (AvgIpc) is 0.924. The van der Waals surface area contributed by atoms with Crippen LogP contribution in [-0.4, -0.2) is 96.7 Å². The highest BCUT2D eigenvalue weighted by Crippen LogP contribution is 2.45. The van der Waals surface area contributed by atoms with E-state index in [4.69, 9.17) is 37.0 Å². The van der Waals surface area contributed by atoms with Gasteiger partial charge < -0.3 is 33.8 Å². The van der Waals surface area contributed by atoms with E-state index in [2.05, 4.69) is 161 Å². The Morgan fingerprint density at radius 2 is 0.529 bits per heavy atom. The number of aliphatic hydroxyl groups excluding tert-OH is 1. The largest absolute Gasteiger partial charge is 0.472 e. The van der Waals surface area contributed by atoms with Gasteiger partial charge in [-0.15, -0.1) is 0 Å². The van der Waals surface area contributed by atoms with Crippen molar-refractivity contribution >= 4 is 39.5 Å². The van der Waals surface area contributed by atoms with Crippen LogP contribution in [0.1, 0.15) is 310 Å². The SMILES string of the molecule is CC/C=C\C/C=C\C/C=C\C/C=C\CCCCCCCCC(=O)OCC(COP(=O)(O)OCC(O)COP(=O)(O)OCC(COC(=O)CCCCCCC/C=C\C/C=C\CCCCC)OC(=O)CCCCCCC/C=C\C/C=C\CCC)OC(=O)CCCCCCC/C=C\C/C=C\C/C=C\CC. The highest BCUT2D eigenvalue weighted by molar-refractivity contribution is 7.47. The fourth-order valence-corrected chi connectivity index (χ4v) is 11.7. The third kappa shape index (κ3) is 73.5. The molecule has 3 N–H and O–H groups in total. The zero-order chi connectivity index (χ0) is 74.6. The maximum atomic E-state index is 13.1. The highest BCUT2D eigenvalue weighted by atomic mass is 31.2. The number of hydrogen-bond acceptors (Lipinski definition) is 15. The maximum absolute atomic E-state index is 13.1. The summed E-state index contributed by atoms with van der Waals surface area (Å²) in [6, 6.07) is 0. The van der Waals surface area contributed by atoms with Gasteiger partial charge in [0.05, 0.1) is 26.4 Å². The number of ether oxygens (including phenoxy) is 4. The van der Waals surface area contributed by atoms with Crippen molar-refractivity contribution in [1.29, 1.82) is 0 Å². The van der Waals surface area contributed by atoms with Gasteiger partial charge in [0.25, 0.3) is 0 Å². The zero-order valence-electron chi connectivity index (χ0n) is 63.7. The molecule has 0 saturated heterocycles. The second kappa shape index (κ2) is 74.5. The molecule has 0 aliphatic heterocycles. The molecule has 5 atom stereocenters. The van der Waals surface area contributed by atoms with Crippen LogP contribution in [0.5, 0.6) is 0 Å². The summed E-state index contributed by atoms with van der Waals surface area (Å²) in [5.74, 6) is -2.24. The van der Waals surface area contributed by atoms with E-state index in [0.717, 1.165) is 212 Å². The van der Waals surface area contributed by atoms with Gasteiger partial charge in [0.15, 0.2) is 12.2 Å². The molecule has 0 bridgehead atoms. The van der Waals surface area contributed by atoms with E-state index in [0.29, 0.717) is 25.7 Å². The molecule has 0 saturated carbocycles. The molecule has 19 heteroatoms. The van der Waals surface area contributed by atoms with Gasteiger partial charge in [-0.25, -0.2) is 9.13 Å². The minimum absolute atomic E-state index is 0.0683. The number of hydrogen-bond donors (Lipinski definition) is 3. The van der Waals surface area contributed by atoms with E-state index in [1.165, 1.54) is 19.3 Å². The van der Waals surface area contributed by atoms with Crippen LogP contribution in [0.15, 0.2) is 134 Å². The van der Waals surface area contributed by atoms with Gasteiger partial charge in [-0.05, 0) is 154 Å². The topological polar surface area (TPSA) is 237 Å². The predicted octanol–water partition coefficient (Wildman–Crippen LogP) is 22.9. The summed E-state index contributed by atoms with van der Waals surface area (Å²) in [5, 5.41) is 10.6. The van der Waals surface area contributed by atoms with Crippen molar-refractivity contribution < 1.29 is 80.2 Å². The van der Waals surface area contributed by atoms with Gasteiger partial charge >= 0.3 is 39.5 Å². The molecule has 0 aromatic heterocycles. The average molecular weight is 1470 g/mol. The number of rotatable bonds is 73. The van der Waals surface area contributed by atoms with Crippen molar-refractivity contribution in [3.8, 4) is 0 Å². The van der Waals surface area contributed by atoms with Crippen molar-refractivity contribution in [1.82, 2.24) is 0 Å². The molecule has 584 valence electrons. The summed E-state index contributed by atoms with van der Waals surface area (Å²) < 4.78 is 68.5. The van der Waals surface area contributed by atoms with Crippen molar-refractivity contribution in [2.24, 2.45) is 0 Å². The molecule has 0 heterocycles. The molecule has 0 spiro atoms. The van der Waals surface area contributed by atoms with Gasteiger partial charge in [-0.1, -0.05) is 264 Å². The molecule has 0 radical (unpaired) electrons. The van der Waals surface area contributed by atoms with E-state index >= 15 is 0 Å². The van der Waals surface area contributed by atoms with Crippen LogP contribution in [-0.2, 0) is 65.4 Å². The fourth-order valence-electron chi connectivity index (χ4n) is 10.1. The summed E-state index contributed by atoms with van der Waals surface area (Å²) in [4.78, 5) is 73.0. The fraction of sp³-hybridized carbons (Fsp3) is 0.687.